The lowest BCUT2D eigenvalue weighted by Crippen LogP contribution is -2.48. The van der Waals surface area contributed by atoms with E-state index in [1.807, 2.05) is 26.4 Å². The summed E-state index contributed by atoms with van der Waals surface area (Å²) in [7, 11) is 4.99. The molecule has 0 radical (unpaired) electrons. The van der Waals surface area contributed by atoms with E-state index < -0.39 is 0 Å². The van der Waals surface area contributed by atoms with Crippen molar-refractivity contribution in [3.8, 4) is 22.8 Å². The fourth-order valence-corrected chi connectivity index (χ4v) is 3.92. The Balaban J connectivity index is 1.45. The topological polar surface area (TPSA) is 128 Å². The van der Waals surface area contributed by atoms with E-state index in [1.54, 1.807) is 37.1 Å². The van der Waals surface area contributed by atoms with Crippen LogP contribution in [0.25, 0.3) is 22.2 Å². The molecule has 3 aromatic heterocycles. The van der Waals surface area contributed by atoms with E-state index in [1.165, 1.54) is 0 Å². The largest absolute Gasteiger partial charge is 0.495 e. The lowest BCUT2D eigenvalue weighted by molar-refractivity contribution is -0.00346. The Morgan fingerprint density at radius 3 is 2.68 bits per heavy atom. The normalized spacial score (nSPS) is 13.5. The average Bonchev–Trinajstić information content (AvgIpc) is 3.37. The summed E-state index contributed by atoms with van der Waals surface area (Å²) in [5.74, 6) is 1.05. The summed E-state index contributed by atoms with van der Waals surface area (Å²) in [6.45, 7) is 3.02. The van der Waals surface area contributed by atoms with Crippen molar-refractivity contribution >= 4 is 28.6 Å². The van der Waals surface area contributed by atoms with Gasteiger partial charge in [-0.05, 0) is 25.1 Å². The van der Waals surface area contributed by atoms with Crippen LogP contribution in [0.2, 0.25) is 0 Å². The van der Waals surface area contributed by atoms with Gasteiger partial charge in [0.2, 0.25) is 11.8 Å². The number of fused-ring (bicyclic) bond motifs is 1. The maximum Gasteiger partial charge on any atom is 0.251 e. The molecule has 0 unspecified atom stereocenters. The molecule has 1 saturated heterocycles. The molecule has 0 atom stereocenters. The Bertz CT molecular complexity index is 1370. The van der Waals surface area contributed by atoms with Crippen LogP contribution in [0.15, 0.2) is 30.6 Å². The van der Waals surface area contributed by atoms with Gasteiger partial charge in [0, 0.05) is 36.1 Å². The molecule has 1 amide bonds. The minimum atomic E-state index is -0.179. The number of aromatic nitrogens is 5. The second-order valence-electron chi connectivity index (χ2n) is 8.03. The highest BCUT2D eigenvalue weighted by Gasteiger charge is 2.22. The number of amides is 1. The number of nitrogens with one attached hydrogen (secondary N) is 3. The maximum absolute atomic E-state index is 12.5. The number of H-pyrrole nitrogens is 1. The number of nitrogens with zero attached hydrogens (tertiary/aromatic N) is 4. The van der Waals surface area contributed by atoms with E-state index in [0.29, 0.717) is 47.7 Å². The predicted molar refractivity (Wildman–Crippen MR) is 126 cm³/mol. The summed E-state index contributed by atoms with van der Waals surface area (Å²) >= 11 is 0. The third-order valence-corrected chi connectivity index (χ3v) is 5.68. The van der Waals surface area contributed by atoms with Crippen LogP contribution in [0.3, 0.4) is 0 Å². The molecular formula is C23H25N7O4. The first-order valence-corrected chi connectivity index (χ1v) is 10.7. The molecule has 0 spiro atoms. The summed E-state index contributed by atoms with van der Waals surface area (Å²) in [6, 6.07) is 5.19. The molecule has 4 aromatic rings. The van der Waals surface area contributed by atoms with Crippen LogP contribution in [0.5, 0.6) is 11.6 Å². The summed E-state index contributed by atoms with van der Waals surface area (Å²) in [6.07, 6.45) is 3.82. The van der Waals surface area contributed by atoms with E-state index in [2.05, 4.69) is 30.7 Å². The van der Waals surface area contributed by atoms with Gasteiger partial charge in [0.1, 0.15) is 11.4 Å². The molecule has 3 N–H and O–H groups in total. The fraction of sp³-hybridized carbons (Fsp3) is 0.304. The zero-order chi connectivity index (χ0) is 23.8. The van der Waals surface area contributed by atoms with Crippen molar-refractivity contribution in [3.63, 3.8) is 0 Å². The van der Waals surface area contributed by atoms with Gasteiger partial charge in [0.05, 0.1) is 50.2 Å². The van der Waals surface area contributed by atoms with E-state index in [0.717, 1.165) is 22.2 Å². The Morgan fingerprint density at radius 1 is 1.21 bits per heavy atom. The van der Waals surface area contributed by atoms with Gasteiger partial charge in [-0.15, -0.1) is 0 Å². The van der Waals surface area contributed by atoms with Crippen LogP contribution in [0, 0.1) is 6.92 Å². The number of rotatable bonds is 7. The maximum atomic E-state index is 12.5. The summed E-state index contributed by atoms with van der Waals surface area (Å²) in [5, 5.41) is 11.3. The molecule has 11 nitrogen and oxygen atoms in total. The van der Waals surface area contributed by atoms with Gasteiger partial charge in [-0.2, -0.15) is 15.1 Å². The first-order chi connectivity index (χ1) is 16.5. The fourth-order valence-electron chi connectivity index (χ4n) is 3.92. The van der Waals surface area contributed by atoms with Crippen molar-refractivity contribution < 1.29 is 19.0 Å². The van der Waals surface area contributed by atoms with Gasteiger partial charge >= 0.3 is 0 Å². The van der Waals surface area contributed by atoms with Crippen molar-refractivity contribution in [1.29, 1.82) is 0 Å². The molecule has 1 aromatic carbocycles. The highest BCUT2D eigenvalue weighted by Crippen LogP contribution is 2.36. The quantitative estimate of drug-likeness (QED) is 0.382. The van der Waals surface area contributed by atoms with Crippen molar-refractivity contribution in [2.75, 3.05) is 32.8 Å². The van der Waals surface area contributed by atoms with E-state index in [9.17, 15) is 4.79 Å². The van der Waals surface area contributed by atoms with Crippen LogP contribution in [-0.2, 0) is 11.8 Å². The van der Waals surface area contributed by atoms with Crippen molar-refractivity contribution in [2.45, 2.75) is 13.0 Å². The molecule has 0 bridgehead atoms. The lowest BCUT2D eigenvalue weighted by atomic mass is 10.1. The third kappa shape index (κ3) is 3.90. The number of hydrogen-bond donors (Lipinski definition) is 3. The molecule has 176 valence electrons. The van der Waals surface area contributed by atoms with Crippen molar-refractivity contribution in [1.82, 2.24) is 30.0 Å². The van der Waals surface area contributed by atoms with Gasteiger partial charge in [-0.25, -0.2) is 0 Å². The molecule has 0 saturated carbocycles. The van der Waals surface area contributed by atoms with Gasteiger partial charge in [0.15, 0.2) is 0 Å². The number of ether oxygens (including phenoxy) is 3. The second kappa shape index (κ2) is 8.67. The van der Waals surface area contributed by atoms with Crippen LogP contribution in [0.1, 0.15) is 16.1 Å². The number of methoxy groups -OCH3 is 2. The van der Waals surface area contributed by atoms with E-state index >= 15 is 0 Å². The minimum absolute atomic E-state index is 0.0463. The minimum Gasteiger partial charge on any atom is -0.495 e. The van der Waals surface area contributed by atoms with Crippen molar-refractivity contribution in [3.05, 3.63) is 41.9 Å². The Morgan fingerprint density at radius 2 is 2.03 bits per heavy atom. The first-order valence-electron chi connectivity index (χ1n) is 10.7. The summed E-state index contributed by atoms with van der Waals surface area (Å²) in [4.78, 5) is 24.8. The Kier molecular flexibility index (Phi) is 5.54. The molecule has 11 heteroatoms. The molecule has 34 heavy (non-hydrogen) atoms. The van der Waals surface area contributed by atoms with Crippen LogP contribution < -0.4 is 20.1 Å². The molecule has 1 aliphatic rings. The van der Waals surface area contributed by atoms with Crippen molar-refractivity contribution in [2.24, 2.45) is 7.05 Å². The molecule has 0 aliphatic carbocycles. The summed E-state index contributed by atoms with van der Waals surface area (Å²) in [5.41, 5.74) is 4.50. The zero-order valence-corrected chi connectivity index (χ0v) is 19.3. The van der Waals surface area contributed by atoms with E-state index in [4.69, 9.17) is 14.2 Å². The number of hydrogen-bond acceptors (Lipinski definition) is 8. The third-order valence-electron chi connectivity index (χ3n) is 5.68. The highest BCUT2D eigenvalue weighted by molar-refractivity contribution is 5.98. The van der Waals surface area contributed by atoms with E-state index in [-0.39, 0.29) is 11.9 Å². The molecule has 5 rings (SSSR count). The van der Waals surface area contributed by atoms with Crippen LogP contribution in [0.4, 0.5) is 11.6 Å². The monoisotopic (exact) mass is 463 g/mol. The standard InChI is InChI=1S/C23H25N7O4/c1-12-16(9-30(2)29-12)15-8-24-20-19(15)22(33-4)28-23(27-20)26-17-6-5-13(7-18(17)32-3)21(31)25-14-10-34-11-14/h5-9,14H,10-11H2,1-4H3,(H,25,31)(H2,24,26,27,28). The number of benzene rings is 1. The average molecular weight is 463 g/mol. The van der Waals surface area contributed by atoms with Crippen LogP contribution in [-0.4, -0.2) is 64.1 Å². The number of aryl methyl sites for hydroxylation is 2. The Hall–Kier alpha value is -4.12. The smallest absolute Gasteiger partial charge is 0.251 e. The van der Waals surface area contributed by atoms with Gasteiger partial charge in [-0.1, -0.05) is 0 Å². The SMILES string of the molecule is COc1cc(C(=O)NC2COC2)ccc1Nc1nc(OC)c2c(-c3cn(C)nc3C)c[nH]c2n1. The molecule has 4 heterocycles. The number of anilines is 2. The van der Waals surface area contributed by atoms with Gasteiger partial charge in [0.25, 0.3) is 5.91 Å². The number of carbonyl (C=O) groups excluding carboxylic acids is 1. The van der Waals surface area contributed by atoms with Gasteiger partial charge in [-0.3, -0.25) is 9.48 Å². The first kappa shape index (κ1) is 21.7. The summed E-state index contributed by atoms with van der Waals surface area (Å²) < 4.78 is 18.0. The second-order valence-corrected chi connectivity index (χ2v) is 8.03. The number of aromatic amines is 1. The highest BCUT2D eigenvalue weighted by atomic mass is 16.5. The Labute approximate surface area is 195 Å². The lowest BCUT2D eigenvalue weighted by Gasteiger charge is -2.26. The molecule has 1 aliphatic heterocycles. The zero-order valence-electron chi connectivity index (χ0n) is 19.3. The molecular weight excluding hydrogens is 438 g/mol. The van der Waals surface area contributed by atoms with Gasteiger partial charge < -0.3 is 29.8 Å². The molecule has 1 fully saturated rings. The predicted octanol–water partition coefficient (Wildman–Crippen LogP) is 2.56. The number of carbonyl (C=O) groups is 1. The van der Waals surface area contributed by atoms with Crippen LogP contribution >= 0.6 is 0 Å².